The van der Waals surface area contributed by atoms with Crippen LogP contribution in [-0.2, 0) is 26.7 Å². The van der Waals surface area contributed by atoms with E-state index in [1.165, 1.54) is 29.2 Å². The number of aromatic carboxylic acids is 1. The molecule has 0 bridgehead atoms. The molecule has 1 N–H and O–H groups in total. The van der Waals surface area contributed by atoms with Crippen molar-refractivity contribution in [2.24, 2.45) is 7.05 Å². The highest BCUT2D eigenvalue weighted by molar-refractivity contribution is 6.31. The van der Waals surface area contributed by atoms with Gasteiger partial charge in [0.25, 0.3) is 5.91 Å². The SMILES string of the molecule is Cn1nc(C(=O)N(Cc2cccc(F)c2)Cc2ccc(C(=O)O)c(F)c2)c2c1-c1cc(Cl)ccc1OC2. The van der Waals surface area contributed by atoms with Crippen molar-refractivity contribution in [2.75, 3.05) is 0 Å². The van der Waals surface area contributed by atoms with Gasteiger partial charge in [0.05, 0.1) is 11.3 Å². The number of aromatic nitrogens is 2. The summed E-state index contributed by atoms with van der Waals surface area (Å²) in [5, 5.41) is 14.1. The first-order valence-electron chi connectivity index (χ1n) is 11.3. The van der Waals surface area contributed by atoms with Crippen LogP contribution in [0.1, 0.15) is 37.5 Å². The van der Waals surface area contributed by atoms with Crippen LogP contribution in [0.3, 0.4) is 0 Å². The summed E-state index contributed by atoms with van der Waals surface area (Å²) >= 11 is 6.19. The van der Waals surface area contributed by atoms with Gasteiger partial charge in [-0.25, -0.2) is 13.6 Å². The standard InChI is InChI=1S/C27H20ClF2N3O4/c1-32-25-20-11-17(28)6-8-23(20)37-14-21(25)24(31-32)26(34)33(12-15-3-2-4-18(29)9-15)13-16-5-7-19(27(35)36)22(30)10-16/h2-11H,12-14H2,1H3,(H,35,36). The Labute approximate surface area is 215 Å². The maximum atomic E-state index is 14.4. The van der Waals surface area contributed by atoms with Crippen LogP contribution in [0.25, 0.3) is 11.3 Å². The van der Waals surface area contributed by atoms with Crippen LogP contribution in [0, 0.1) is 11.6 Å². The van der Waals surface area contributed by atoms with Gasteiger partial charge < -0.3 is 14.7 Å². The first-order chi connectivity index (χ1) is 17.7. The molecule has 0 unspecified atom stereocenters. The van der Waals surface area contributed by atoms with Crippen LogP contribution in [0.4, 0.5) is 8.78 Å². The van der Waals surface area contributed by atoms with E-state index in [1.54, 1.807) is 36.0 Å². The second kappa shape index (κ2) is 9.67. The molecule has 0 atom stereocenters. The Morgan fingerprint density at radius 3 is 2.54 bits per heavy atom. The van der Waals surface area contributed by atoms with Crippen molar-refractivity contribution in [1.82, 2.24) is 14.7 Å². The zero-order valence-corrected chi connectivity index (χ0v) is 20.3. The highest BCUT2D eigenvalue weighted by atomic mass is 35.5. The zero-order valence-electron chi connectivity index (χ0n) is 19.5. The Bertz CT molecular complexity index is 1550. The molecule has 1 aliphatic heterocycles. The van der Waals surface area contributed by atoms with Gasteiger partial charge in [-0.3, -0.25) is 9.48 Å². The normalized spacial score (nSPS) is 11.9. The van der Waals surface area contributed by atoms with E-state index in [-0.39, 0.29) is 25.4 Å². The van der Waals surface area contributed by atoms with E-state index >= 15 is 0 Å². The molecule has 1 amide bonds. The van der Waals surface area contributed by atoms with Gasteiger partial charge in [-0.05, 0) is 53.6 Å². The Hall–Kier alpha value is -4.24. The smallest absolute Gasteiger partial charge is 0.338 e. The molecule has 0 saturated heterocycles. The number of hydrogen-bond donors (Lipinski definition) is 1. The lowest BCUT2D eigenvalue weighted by molar-refractivity contribution is 0.0687. The van der Waals surface area contributed by atoms with Crippen molar-refractivity contribution in [3.05, 3.63) is 105 Å². The summed E-state index contributed by atoms with van der Waals surface area (Å²) in [6, 6.07) is 14.7. The van der Waals surface area contributed by atoms with Gasteiger partial charge in [0, 0.05) is 36.3 Å². The molecule has 0 spiro atoms. The van der Waals surface area contributed by atoms with Gasteiger partial charge in [-0.2, -0.15) is 5.10 Å². The molecule has 5 rings (SSSR count). The third-order valence-electron chi connectivity index (χ3n) is 6.10. The number of carbonyl (C=O) groups excluding carboxylic acids is 1. The summed E-state index contributed by atoms with van der Waals surface area (Å²) in [5.74, 6) is -2.63. The molecule has 37 heavy (non-hydrogen) atoms. The van der Waals surface area contributed by atoms with Crippen LogP contribution in [0.2, 0.25) is 5.02 Å². The lowest BCUT2D eigenvalue weighted by Gasteiger charge is -2.24. The number of amides is 1. The maximum Gasteiger partial charge on any atom is 0.338 e. The highest BCUT2D eigenvalue weighted by Gasteiger charge is 2.31. The average molecular weight is 524 g/mol. The number of fused-ring (bicyclic) bond motifs is 3. The van der Waals surface area contributed by atoms with Gasteiger partial charge in [0.1, 0.15) is 24.0 Å². The Morgan fingerprint density at radius 2 is 1.84 bits per heavy atom. The fourth-order valence-electron chi connectivity index (χ4n) is 4.43. The minimum Gasteiger partial charge on any atom is -0.488 e. The molecule has 3 aromatic carbocycles. The monoisotopic (exact) mass is 523 g/mol. The second-order valence-corrected chi connectivity index (χ2v) is 9.08. The largest absolute Gasteiger partial charge is 0.488 e. The van der Waals surface area contributed by atoms with E-state index in [9.17, 15) is 18.4 Å². The van der Waals surface area contributed by atoms with Crippen molar-refractivity contribution >= 4 is 23.5 Å². The Kier molecular flexibility index (Phi) is 6.39. The van der Waals surface area contributed by atoms with Gasteiger partial charge in [0.15, 0.2) is 5.69 Å². The van der Waals surface area contributed by atoms with Gasteiger partial charge in [-0.1, -0.05) is 29.8 Å². The van der Waals surface area contributed by atoms with E-state index in [4.69, 9.17) is 21.4 Å². The number of hydrogen-bond acceptors (Lipinski definition) is 4. The van der Waals surface area contributed by atoms with Crippen molar-refractivity contribution in [2.45, 2.75) is 19.7 Å². The predicted octanol–water partition coefficient (Wildman–Crippen LogP) is 5.45. The van der Waals surface area contributed by atoms with Crippen LogP contribution >= 0.6 is 11.6 Å². The van der Waals surface area contributed by atoms with Gasteiger partial charge in [-0.15, -0.1) is 0 Å². The van der Waals surface area contributed by atoms with Crippen LogP contribution in [0.15, 0.2) is 60.7 Å². The number of carboxylic acid groups (broad SMARTS) is 1. The third kappa shape index (κ3) is 4.77. The number of carbonyl (C=O) groups is 2. The van der Waals surface area contributed by atoms with Crippen LogP contribution < -0.4 is 4.74 Å². The second-order valence-electron chi connectivity index (χ2n) is 8.64. The Balaban J connectivity index is 1.54. The van der Waals surface area contributed by atoms with Crippen molar-refractivity contribution in [1.29, 1.82) is 0 Å². The van der Waals surface area contributed by atoms with Crippen molar-refractivity contribution < 1.29 is 28.2 Å². The number of nitrogens with zero attached hydrogens (tertiary/aromatic N) is 3. The number of halogens is 3. The molecule has 7 nitrogen and oxygen atoms in total. The lowest BCUT2D eigenvalue weighted by atomic mass is 10.0. The summed E-state index contributed by atoms with van der Waals surface area (Å²) in [7, 11) is 1.71. The lowest BCUT2D eigenvalue weighted by Crippen LogP contribution is -2.31. The number of aryl methyl sites for hydroxylation is 1. The molecule has 188 valence electrons. The molecule has 4 aromatic rings. The van der Waals surface area contributed by atoms with E-state index in [1.807, 2.05) is 0 Å². The Morgan fingerprint density at radius 1 is 1.08 bits per heavy atom. The van der Waals surface area contributed by atoms with Crippen molar-refractivity contribution in [3.63, 3.8) is 0 Å². The van der Waals surface area contributed by atoms with Crippen LogP contribution in [0.5, 0.6) is 5.75 Å². The summed E-state index contributed by atoms with van der Waals surface area (Å²) in [5.41, 5.74) is 2.51. The summed E-state index contributed by atoms with van der Waals surface area (Å²) in [6.07, 6.45) is 0. The molecule has 10 heteroatoms. The molecule has 2 heterocycles. The average Bonchev–Trinajstić information content (AvgIpc) is 3.20. The minimum absolute atomic E-state index is 0.00745. The van der Waals surface area contributed by atoms with E-state index < -0.39 is 29.1 Å². The number of rotatable bonds is 6. The van der Waals surface area contributed by atoms with E-state index in [0.717, 1.165) is 12.1 Å². The number of ether oxygens (including phenoxy) is 1. The minimum atomic E-state index is -1.39. The van der Waals surface area contributed by atoms with E-state index in [2.05, 4.69) is 5.10 Å². The predicted molar refractivity (Wildman–Crippen MR) is 131 cm³/mol. The summed E-state index contributed by atoms with van der Waals surface area (Å²) in [6.45, 7) is 0.0446. The van der Waals surface area contributed by atoms with Crippen molar-refractivity contribution in [3.8, 4) is 17.0 Å². The molecule has 0 aliphatic carbocycles. The maximum absolute atomic E-state index is 14.4. The zero-order chi connectivity index (χ0) is 26.3. The fourth-order valence-corrected chi connectivity index (χ4v) is 4.60. The molecule has 0 saturated carbocycles. The first-order valence-corrected chi connectivity index (χ1v) is 11.6. The molecular formula is C27H20ClF2N3O4. The third-order valence-corrected chi connectivity index (χ3v) is 6.34. The molecular weight excluding hydrogens is 504 g/mol. The summed E-state index contributed by atoms with van der Waals surface area (Å²) in [4.78, 5) is 26.5. The molecule has 0 fully saturated rings. The first kappa shape index (κ1) is 24.5. The van der Waals surface area contributed by atoms with E-state index in [0.29, 0.717) is 38.7 Å². The topological polar surface area (TPSA) is 84.7 Å². The molecule has 0 radical (unpaired) electrons. The quantitative estimate of drug-likeness (QED) is 0.363. The fraction of sp³-hybridized carbons (Fsp3) is 0.148. The molecule has 1 aromatic heterocycles. The van der Waals surface area contributed by atoms with Crippen LogP contribution in [-0.4, -0.2) is 31.7 Å². The summed E-state index contributed by atoms with van der Waals surface area (Å²) < 4.78 is 35.7. The number of benzene rings is 3. The highest BCUT2D eigenvalue weighted by Crippen LogP contribution is 2.40. The van der Waals surface area contributed by atoms with Gasteiger partial charge in [0.2, 0.25) is 0 Å². The van der Waals surface area contributed by atoms with Gasteiger partial charge >= 0.3 is 5.97 Å². The number of carboxylic acids is 1. The molecule has 1 aliphatic rings.